The van der Waals surface area contributed by atoms with Crippen molar-refractivity contribution >= 4 is 34.2 Å². The zero-order chi connectivity index (χ0) is 20.3. The van der Waals surface area contributed by atoms with Gasteiger partial charge in [-0.2, -0.15) is 4.98 Å². The number of aromatic nitrogens is 4. The number of benzene rings is 2. The maximum Gasteiger partial charge on any atom is 0.253 e. The van der Waals surface area contributed by atoms with Crippen molar-refractivity contribution in [3.8, 4) is 0 Å². The molecule has 1 fully saturated rings. The second-order valence-corrected chi connectivity index (χ2v) is 8.29. The molecule has 0 spiro atoms. The van der Waals surface area contributed by atoms with Crippen LogP contribution in [-0.4, -0.2) is 67.2 Å². The minimum absolute atomic E-state index is 0.136. The summed E-state index contributed by atoms with van der Waals surface area (Å²) in [6, 6.07) is 16.8. The van der Waals surface area contributed by atoms with Crippen molar-refractivity contribution in [1.82, 2.24) is 29.4 Å². The van der Waals surface area contributed by atoms with Crippen molar-refractivity contribution < 1.29 is 4.79 Å². The molecule has 0 N–H and O–H groups in total. The van der Waals surface area contributed by atoms with Crippen molar-refractivity contribution in [1.29, 1.82) is 0 Å². The predicted octanol–water partition coefficient (Wildman–Crippen LogP) is 2.71. The molecule has 0 saturated carbocycles. The van der Waals surface area contributed by atoms with E-state index < -0.39 is 0 Å². The lowest BCUT2D eigenvalue weighted by Crippen LogP contribution is -2.48. The zero-order valence-corrected chi connectivity index (χ0v) is 17.3. The summed E-state index contributed by atoms with van der Waals surface area (Å²) in [4.78, 5) is 25.5. The highest BCUT2D eigenvalue weighted by Crippen LogP contribution is 2.21. The highest BCUT2D eigenvalue weighted by Gasteiger charge is 2.22. The van der Waals surface area contributed by atoms with E-state index in [4.69, 9.17) is 0 Å². The molecule has 0 aliphatic carbocycles. The Balaban J connectivity index is 1.15. The van der Waals surface area contributed by atoms with Crippen LogP contribution in [0.25, 0.3) is 16.6 Å². The molecule has 3 heterocycles. The summed E-state index contributed by atoms with van der Waals surface area (Å²) in [5.41, 5.74) is 1.34. The van der Waals surface area contributed by atoms with Crippen LogP contribution in [0.4, 0.5) is 0 Å². The van der Waals surface area contributed by atoms with Crippen molar-refractivity contribution in [3.63, 3.8) is 0 Å². The van der Waals surface area contributed by atoms with Crippen molar-refractivity contribution in [3.05, 3.63) is 66.5 Å². The van der Waals surface area contributed by atoms with E-state index in [-0.39, 0.29) is 5.91 Å². The van der Waals surface area contributed by atoms with Gasteiger partial charge in [-0.3, -0.25) is 9.69 Å². The number of piperazine rings is 1. The number of amides is 1. The summed E-state index contributed by atoms with van der Waals surface area (Å²) in [6.07, 6.45) is 3.48. The molecule has 8 heteroatoms. The highest BCUT2D eigenvalue weighted by molar-refractivity contribution is 7.99. The molecule has 30 heavy (non-hydrogen) atoms. The molecule has 0 unspecified atom stereocenters. The first-order valence-electron chi connectivity index (χ1n) is 10.0. The van der Waals surface area contributed by atoms with Crippen LogP contribution in [0.15, 0.2) is 66.1 Å². The average Bonchev–Trinajstić information content (AvgIpc) is 3.21. The first-order valence-corrected chi connectivity index (χ1v) is 11.0. The number of fused-ring (bicyclic) bond motifs is 2. The van der Waals surface area contributed by atoms with Gasteiger partial charge in [0.1, 0.15) is 0 Å². The van der Waals surface area contributed by atoms with Crippen molar-refractivity contribution in [2.45, 2.75) is 11.7 Å². The Morgan fingerprint density at radius 2 is 1.83 bits per heavy atom. The molecule has 0 bridgehead atoms. The fraction of sp³-hybridized carbons (Fsp3) is 0.273. The van der Waals surface area contributed by atoms with Crippen LogP contribution in [0.2, 0.25) is 0 Å². The van der Waals surface area contributed by atoms with E-state index in [0.717, 1.165) is 32.7 Å². The standard InChI is InChI=1S/C22H22N6OS/c29-20(16-30-22-24-21-23-9-4-10-28(21)25-22)27-13-11-26(12-14-27)15-18-7-3-6-17-5-1-2-8-19(17)18/h1-10H,11-16H2. The molecule has 1 aliphatic heterocycles. The van der Waals surface area contributed by atoms with Gasteiger partial charge in [0.25, 0.3) is 5.78 Å². The van der Waals surface area contributed by atoms with E-state index in [2.05, 4.69) is 62.4 Å². The van der Waals surface area contributed by atoms with Crippen LogP contribution >= 0.6 is 11.8 Å². The summed E-state index contributed by atoms with van der Waals surface area (Å²) in [6.45, 7) is 4.19. The molecule has 4 aromatic rings. The monoisotopic (exact) mass is 418 g/mol. The third-order valence-electron chi connectivity index (χ3n) is 5.42. The van der Waals surface area contributed by atoms with Gasteiger partial charge in [0.15, 0.2) is 0 Å². The third kappa shape index (κ3) is 4.01. The second kappa shape index (κ2) is 8.41. The molecule has 0 radical (unpaired) electrons. The summed E-state index contributed by atoms with van der Waals surface area (Å²) in [5.74, 6) is 1.03. The van der Waals surface area contributed by atoms with Gasteiger partial charge in [0, 0.05) is 45.1 Å². The number of rotatable bonds is 5. The smallest absolute Gasteiger partial charge is 0.253 e. The highest BCUT2D eigenvalue weighted by atomic mass is 32.2. The Morgan fingerprint density at radius 3 is 2.70 bits per heavy atom. The van der Waals surface area contributed by atoms with Crippen LogP contribution in [0.5, 0.6) is 0 Å². The molecule has 2 aromatic carbocycles. The lowest BCUT2D eigenvalue weighted by molar-refractivity contribution is -0.130. The average molecular weight is 419 g/mol. The summed E-state index contributed by atoms with van der Waals surface area (Å²) in [5, 5.41) is 7.51. The van der Waals surface area contributed by atoms with Gasteiger partial charge in [-0.1, -0.05) is 54.2 Å². The topological polar surface area (TPSA) is 66.6 Å². The van der Waals surface area contributed by atoms with Crippen LogP contribution in [0, 0.1) is 0 Å². The largest absolute Gasteiger partial charge is 0.339 e. The van der Waals surface area contributed by atoms with E-state index in [0.29, 0.717) is 16.7 Å². The van der Waals surface area contributed by atoms with Gasteiger partial charge >= 0.3 is 0 Å². The maximum atomic E-state index is 12.6. The fourth-order valence-electron chi connectivity index (χ4n) is 3.82. The van der Waals surface area contributed by atoms with E-state index in [1.165, 1.54) is 28.1 Å². The molecule has 1 saturated heterocycles. The lowest BCUT2D eigenvalue weighted by Gasteiger charge is -2.34. The molecule has 152 valence electrons. The van der Waals surface area contributed by atoms with Gasteiger partial charge in [-0.05, 0) is 22.4 Å². The molecule has 1 aliphatic rings. The van der Waals surface area contributed by atoms with Gasteiger partial charge in [0.2, 0.25) is 11.1 Å². The molecule has 5 rings (SSSR count). The number of carbonyl (C=O) groups excluding carboxylic acids is 1. The van der Waals surface area contributed by atoms with Gasteiger partial charge < -0.3 is 4.90 Å². The quantitative estimate of drug-likeness (QED) is 0.464. The van der Waals surface area contributed by atoms with Crippen LogP contribution in [0.3, 0.4) is 0 Å². The summed E-state index contributed by atoms with van der Waals surface area (Å²) < 4.78 is 1.62. The van der Waals surface area contributed by atoms with E-state index in [1.807, 2.05) is 4.90 Å². The molecule has 0 atom stereocenters. The minimum Gasteiger partial charge on any atom is -0.339 e. The van der Waals surface area contributed by atoms with Crippen LogP contribution in [-0.2, 0) is 11.3 Å². The molecule has 1 amide bonds. The van der Waals surface area contributed by atoms with Gasteiger partial charge in [0.05, 0.1) is 5.75 Å². The number of hydrogen-bond donors (Lipinski definition) is 0. The molecule has 7 nitrogen and oxygen atoms in total. The molecular weight excluding hydrogens is 396 g/mol. The first kappa shape index (κ1) is 19.0. The Kier molecular flexibility index (Phi) is 5.33. The van der Waals surface area contributed by atoms with Gasteiger partial charge in [-0.15, -0.1) is 5.10 Å². The first-order chi connectivity index (χ1) is 14.8. The van der Waals surface area contributed by atoms with Crippen LogP contribution < -0.4 is 0 Å². The van der Waals surface area contributed by atoms with Crippen LogP contribution in [0.1, 0.15) is 5.56 Å². The van der Waals surface area contributed by atoms with Crippen molar-refractivity contribution in [2.24, 2.45) is 0 Å². The summed E-state index contributed by atoms with van der Waals surface area (Å²) >= 11 is 1.36. The maximum absolute atomic E-state index is 12.6. The molecule has 2 aromatic heterocycles. The fourth-order valence-corrected chi connectivity index (χ4v) is 4.55. The summed E-state index contributed by atoms with van der Waals surface area (Å²) in [7, 11) is 0. The third-order valence-corrected chi connectivity index (χ3v) is 6.24. The lowest BCUT2D eigenvalue weighted by atomic mass is 10.0. The van der Waals surface area contributed by atoms with Crippen molar-refractivity contribution in [2.75, 3.05) is 31.9 Å². The number of nitrogens with zero attached hydrogens (tertiary/aromatic N) is 6. The Labute approximate surface area is 178 Å². The Bertz CT molecular complexity index is 1150. The van der Waals surface area contributed by atoms with E-state index in [9.17, 15) is 4.79 Å². The van der Waals surface area contributed by atoms with Gasteiger partial charge in [-0.25, -0.2) is 9.50 Å². The number of thioether (sulfide) groups is 1. The second-order valence-electron chi connectivity index (χ2n) is 7.34. The molecular formula is C22H22N6OS. The Hall–Kier alpha value is -2.97. The Morgan fingerprint density at radius 1 is 1.00 bits per heavy atom. The SMILES string of the molecule is O=C(CSc1nc2ncccn2n1)N1CCN(Cc2cccc3ccccc23)CC1. The minimum atomic E-state index is 0.136. The van der Waals surface area contributed by atoms with E-state index in [1.54, 1.807) is 23.0 Å². The number of carbonyl (C=O) groups is 1. The zero-order valence-electron chi connectivity index (χ0n) is 16.5. The van der Waals surface area contributed by atoms with E-state index >= 15 is 0 Å². The normalized spacial score (nSPS) is 15.1. The predicted molar refractivity (Wildman–Crippen MR) is 117 cm³/mol. The number of hydrogen-bond acceptors (Lipinski definition) is 6.